The molecule has 0 aliphatic heterocycles. The fourth-order valence-corrected chi connectivity index (χ4v) is 2.98. The zero-order valence-electron chi connectivity index (χ0n) is 14.0. The van der Waals surface area contributed by atoms with Gasteiger partial charge in [-0.25, -0.2) is 14.6 Å². The molecule has 25 heavy (non-hydrogen) atoms. The van der Waals surface area contributed by atoms with Crippen LogP contribution in [0.4, 0.5) is 5.95 Å². The Bertz CT molecular complexity index is 1020. The van der Waals surface area contributed by atoms with Gasteiger partial charge in [-0.05, 0) is 44.2 Å². The first-order valence-electron chi connectivity index (χ1n) is 7.94. The van der Waals surface area contributed by atoms with Gasteiger partial charge in [-0.1, -0.05) is 18.2 Å². The number of nitrogen functional groups attached to an aromatic ring is 1. The van der Waals surface area contributed by atoms with Gasteiger partial charge >= 0.3 is 0 Å². The largest absolute Gasteiger partial charge is 0.463 e. The summed E-state index contributed by atoms with van der Waals surface area (Å²) < 4.78 is 7.35. The van der Waals surface area contributed by atoms with Crippen molar-refractivity contribution >= 4 is 5.95 Å². The highest BCUT2D eigenvalue weighted by atomic mass is 16.3. The van der Waals surface area contributed by atoms with Gasteiger partial charge in [0.15, 0.2) is 5.76 Å². The molecule has 0 unspecified atom stereocenters. The average molecular weight is 331 g/mol. The number of benzene rings is 1. The predicted octanol–water partition coefficient (Wildman–Crippen LogP) is 3.79. The lowest BCUT2D eigenvalue weighted by Crippen LogP contribution is -2.00. The molecule has 0 bridgehead atoms. The second kappa shape index (κ2) is 5.90. The van der Waals surface area contributed by atoms with Crippen molar-refractivity contribution < 1.29 is 4.42 Å². The monoisotopic (exact) mass is 331 g/mol. The maximum absolute atomic E-state index is 5.93. The van der Waals surface area contributed by atoms with Crippen molar-refractivity contribution in [1.82, 2.24) is 19.7 Å². The molecule has 0 aliphatic carbocycles. The molecular formula is C19H17N5O. The van der Waals surface area contributed by atoms with E-state index in [0.29, 0.717) is 11.5 Å². The van der Waals surface area contributed by atoms with E-state index in [1.54, 1.807) is 6.26 Å². The molecule has 4 aromatic rings. The van der Waals surface area contributed by atoms with Gasteiger partial charge in [0, 0.05) is 5.56 Å². The van der Waals surface area contributed by atoms with E-state index in [2.05, 4.69) is 15.1 Å². The molecule has 4 rings (SSSR count). The maximum atomic E-state index is 5.93. The number of nitrogens with two attached hydrogens (primary N) is 1. The number of nitrogens with zero attached hydrogens (tertiary/aromatic N) is 4. The van der Waals surface area contributed by atoms with E-state index < -0.39 is 0 Å². The van der Waals surface area contributed by atoms with Crippen LogP contribution in [0.15, 0.2) is 59.2 Å². The van der Waals surface area contributed by atoms with Crippen LogP contribution in [0.25, 0.3) is 28.4 Å². The van der Waals surface area contributed by atoms with Crippen LogP contribution in [-0.4, -0.2) is 19.7 Å². The SMILES string of the molecule is Cc1nn(-c2ccccc2)c(C)c1-c1cc(-c2ccco2)nc(N)n1. The minimum Gasteiger partial charge on any atom is -0.463 e. The van der Waals surface area contributed by atoms with Gasteiger partial charge in [0.25, 0.3) is 0 Å². The van der Waals surface area contributed by atoms with Crippen LogP contribution in [0, 0.1) is 13.8 Å². The second-order valence-electron chi connectivity index (χ2n) is 5.77. The molecule has 0 amide bonds. The second-order valence-corrected chi connectivity index (χ2v) is 5.77. The third-order valence-electron chi connectivity index (χ3n) is 4.07. The lowest BCUT2D eigenvalue weighted by atomic mass is 10.1. The highest BCUT2D eigenvalue weighted by Crippen LogP contribution is 2.30. The number of rotatable bonds is 3. The molecule has 0 spiro atoms. The number of aromatic nitrogens is 4. The summed E-state index contributed by atoms with van der Waals surface area (Å²) in [6.45, 7) is 3.99. The quantitative estimate of drug-likeness (QED) is 0.617. The summed E-state index contributed by atoms with van der Waals surface area (Å²) in [6.07, 6.45) is 1.61. The Labute approximate surface area is 145 Å². The van der Waals surface area contributed by atoms with Crippen LogP contribution in [0.5, 0.6) is 0 Å². The van der Waals surface area contributed by atoms with Crippen molar-refractivity contribution in [1.29, 1.82) is 0 Å². The summed E-state index contributed by atoms with van der Waals surface area (Å²) in [6, 6.07) is 15.5. The van der Waals surface area contributed by atoms with Crippen LogP contribution in [0.1, 0.15) is 11.4 Å². The number of hydrogen-bond donors (Lipinski definition) is 1. The van der Waals surface area contributed by atoms with E-state index in [1.165, 1.54) is 0 Å². The molecule has 6 nitrogen and oxygen atoms in total. The fraction of sp³-hybridized carbons (Fsp3) is 0.105. The summed E-state index contributed by atoms with van der Waals surface area (Å²) in [5, 5.41) is 4.67. The van der Waals surface area contributed by atoms with Crippen molar-refractivity contribution in [2.45, 2.75) is 13.8 Å². The summed E-state index contributed by atoms with van der Waals surface area (Å²) >= 11 is 0. The van der Waals surface area contributed by atoms with E-state index in [-0.39, 0.29) is 5.95 Å². The van der Waals surface area contributed by atoms with Gasteiger partial charge in [0.1, 0.15) is 5.69 Å². The van der Waals surface area contributed by atoms with E-state index in [4.69, 9.17) is 10.2 Å². The maximum Gasteiger partial charge on any atom is 0.221 e. The molecule has 0 saturated heterocycles. The molecule has 0 aliphatic rings. The Hall–Kier alpha value is -3.41. The van der Waals surface area contributed by atoms with Crippen LogP contribution >= 0.6 is 0 Å². The zero-order valence-corrected chi connectivity index (χ0v) is 14.0. The highest BCUT2D eigenvalue weighted by molar-refractivity contribution is 5.71. The molecule has 0 radical (unpaired) electrons. The van der Waals surface area contributed by atoms with E-state index in [1.807, 2.05) is 67.1 Å². The molecule has 6 heteroatoms. The average Bonchev–Trinajstić information content (AvgIpc) is 3.23. The van der Waals surface area contributed by atoms with Gasteiger partial charge in [-0.3, -0.25) is 0 Å². The summed E-state index contributed by atoms with van der Waals surface area (Å²) in [5.41, 5.74) is 11.1. The third-order valence-corrected chi connectivity index (χ3v) is 4.07. The zero-order chi connectivity index (χ0) is 17.4. The molecule has 3 aromatic heterocycles. The van der Waals surface area contributed by atoms with Crippen molar-refractivity contribution in [3.05, 3.63) is 66.2 Å². The van der Waals surface area contributed by atoms with Gasteiger partial charge in [0.05, 0.1) is 29.0 Å². The summed E-state index contributed by atoms with van der Waals surface area (Å²) in [5.74, 6) is 0.858. The van der Waals surface area contributed by atoms with Gasteiger partial charge in [-0.2, -0.15) is 5.10 Å². The summed E-state index contributed by atoms with van der Waals surface area (Å²) in [7, 11) is 0. The van der Waals surface area contributed by atoms with Crippen molar-refractivity contribution in [3.63, 3.8) is 0 Å². The van der Waals surface area contributed by atoms with Crippen molar-refractivity contribution in [2.75, 3.05) is 5.73 Å². The van der Waals surface area contributed by atoms with Crippen molar-refractivity contribution in [3.8, 4) is 28.4 Å². The molecule has 0 saturated carbocycles. The van der Waals surface area contributed by atoms with Crippen LogP contribution < -0.4 is 5.73 Å². The van der Waals surface area contributed by atoms with E-state index in [9.17, 15) is 0 Å². The summed E-state index contributed by atoms with van der Waals surface area (Å²) in [4.78, 5) is 8.69. The van der Waals surface area contributed by atoms with Gasteiger partial charge in [0.2, 0.25) is 5.95 Å². The Kier molecular flexibility index (Phi) is 3.57. The number of aryl methyl sites for hydroxylation is 1. The number of anilines is 1. The number of para-hydroxylation sites is 1. The lowest BCUT2D eigenvalue weighted by molar-refractivity contribution is 0.580. The molecule has 0 fully saturated rings. The van der Waals surface area contributed by atoms with E-state index in [0.717, 1.165) is 28.3 Å². The van der Waals surface area contributed by atoms with Crippen LogP contribution in [0.3, 0.4) is 0 Å². The molecule has 2 N–H and O–H groups in total. The predicted molar refractivity (Wildman–Crippen MR) is 96.2 cm³/mol. The molecule has 0 atom stereocenters. The first kappa shape index (κ1) is 15.1. The smallest absolute Gasteiger partial charge is 0.221 e. The highest BCUT2D eigenvalue weighted by Gasteiger charge is 2.18. The number of furan rings is 1. The number of hydrogen-bond acceptors (Lipinski definition) is 5. The Morgan fingerprint density at radius 2 is 1.72 bits per heavy atom. The molecule has 1 aromatic carbocycles. The Morgan fingerprint density at radius 1 is 0.960 bits per heavy atom. The fourth-order valence-electron chi connectivity index (χ4n) is 2.98. The standard InChI is InChI=1S/C19H17N5O/c1-12-18(13(2)24(23-12)14-7-4-3-5-8-14)16-11-15(21-19(20)22-16)17-9-6-10-25-17/h3-11H,1-2H3,(H2,20,21,22). The topological polar surface area (TPSA) is 82.8 Å². The van der Waals surface area contributed by atoms with Crippen LogP contribution in [0.2, 0.25) is 0 Å². The third kappa shape index (κ3) is 2.67. The Balaban J connectivity index is 1.87. The lowest BCUT2D eigenvalue weighted by Gasteiger charge is -2.07. The van der Waals surface area contributed by atoms with Crippen LogP contribution in [-0.2, 0) is 0 Å². The normalized spacial score (nSPS) is 11.0. The minimum atomic E-state index is 0.204. The first-order chi connectivity index (χ1) is 12.1. The molecule has 124 valence electrons. The van der Waals surface area contributed by atoms with E-state index >= 15 is 0 Å². The molecule has 3 heterocycles. The van der Waals surface area contributed by atoms with Gasteiger partial charge in [-0.15, -0.1) is 0 Å². The minimum absolute atomic E-state index is 0.204. The Morgan fingerprint density at radius 3 is 2.44 bits per heavy atom. The first-order valence-corrected chi connectivity index (χ1v) is 7.94. The molecular weight excluding hydrogens is 314 g/mol. The van der Waals surface area contributed by atoms with Crippen molar-refractivity contribution in [2.24, 2.45) is 0 Å². The van der Waals surface area contributed by atoms with Gasteiger partial charge < -0.3 is 10.2 Å².